The van der Waals surface area contributed by atoms with Crippen LogP contribution in [0.4, 0.5) is 17.1 Å². The number of rotatable bonds is 6. The largest absolute Gasteiger partial charge is 0.456 e. The number of benzene rings is 4. The molecule has 2 heterocycles. The number of nitrogens with zero attached hydrogens (tertiary/aromatic N) is 4. The van der Waals surface area contributed by atoms with Crippen LogP contribution in [0.3, 0.4) is 0 Å². The van der Waals surface area contributed by atoms with Crippen molar-refractivity contribution in [3.05, 3.63) is 113 Å². The Balaban J connectivity index is 1.54. The molecule has 1 spiro atoms. The second kappa shape index (κ2) is 10.3. The van der Waals surface area contributed by atoms with Gasteiger partial charge in [0, 0.05) is 70.6 Å². The van der Waals surface area contributed by atoms with Gasteiger partial charge in [-0.2, -0.15) is 5.10 Å². The first-order valence-corrected chi connectivity index (χ1v) is 13.6. The number of aliphatic imine (C=N–C) groups is 1. The van der Waals surface area contributed by atoms with Gasteiger partial charge >= 0.3 is 0 Å². The molecule has 1 atom stereocenters. The summed E-state index contributed by atoms with van der Waals surface area (Å²) in [5.41, 5.74) is 11.2. The van der Waals surface area contributed by atoms with Crippen LogP contribution in [0.1, 0.15) is 46.5 Å². The first kappa shape index (κ1) is 25.9. The summed E-state index contributed by atoms with van der Waals surface area (Å²) in [6.45, 7) is 5.94. The Kier molecular flexibility index (Phi) is 6.52. The van der Waals surface area contributed by atoms with Gasteiger partial charge in [-0.15, -0.1) is 6.42 Å². The van der Waals surface area contributed by atoms with E-state index in [1.54, 1.807) is 12.3 Å². The molecule has 1 amide bonds. The second-order valence-electron chi connectivity index (χ2n) is 9.82. The Hall–Kier alpha value is -5.35. The summed E-state index contributed by atoms with van der Waals surface area (Å²) in [5.74, 6) is 3.63. The predicted octanol–water partition coefficient (Wildman–Crippen LogP) is 6.34. The Morgan fingerprint density at radius 3 is 2.46 bits per heavy atom. The molecule has 4 aromatic rings. The average molecular weight is 540 g/mol. The fourth-order valence-electron chi connectivity index (χ4n) is 5.78. The van der Waals surface area contributed by atoms with Gasteiger partial charge < -0.3 is 15.4 Å². The summed E-state index contributed by atoms with van der Waals surface area (Å²) in [4.78, 5) is 20.8. The van der Waals surface area contributed by atoms with E-state index in [9.17, 15) is 4.79 Å². The van der Waals surface area contributed by atoms with E-state index in [2.05, 4.69) is 35.7 Å². The van der Waals surface area contributed by atoms with E-state index < -0.39 is 5.54 Å². The molecule has 0 aliphatic carbocycles. The van der Waals surface area contributed by atoms with Gasteiger partial charge in [0.25, 0.3) is 5.91 Å². The number of terminal acetylenes is 1. The molecule has 41 heavy (non-hydrogen) atoms. The van der Waals surface area contributed by atoms with Crippen LogP contribution in [0.25, 0.3) is 0 Å². The maximum Gasteiger partial charge on any atom is 0.275 e. The number of carbonyl (C=O) groups is 1. The zero-order chi connectivity index (χ0) is 28.6. The number of fused-ring (bicyclic) bond motifs is 6. The zero-order valence-corrected chi connectivity index (χ0v) is 22.9. The summed E-state index contributed by atoms with van der Waals surface area (Å²) in [6.07, 6.45) is 8.62. The minimum Gasteiger partial charge on any atom is -0.456 e. The van der Waals surface area contributed by atoms with Crippen LogP contribution in [0.5, 0.6) is 11.5 Å². The lowest BCUT2D eigenvalue weighted by molar-refractivity contribution is 0.0675. The lowest BCUT2D eigenvalue weighted by Crippen LogP contribution is -2.44. The van der Waals surface area contributed by atoms with Crippen LogP contribution < -0.4 is 15.4 Å². The van der Waals surface area contributed by atoms with E-state index in [0.29, 0.717) is 28.4 Å². The van der Waals surface area contributed by atoms with Crippen molar-refractivity contribution in [1.82, 2.24) is 5.01 Å². The smallest absolute Gasteiger partial charge is 0.275 e. The minimum absolute atomic E-state index is 0.219. The summed E-state index contributed by atoms with van der Waals surface area (Å²) >= 11 is 0. The molecule has 0 aromatic heterocycles. The van der Waals surface area contributed by atoms with E-state index in [-0.39, 0.29) is 5.91 Å². The molecule has 0 fully saturated rings. The fraction of sp³-hybridized carbons (Fsp3) is 0.147. The van der Waals surface area contributed by atoms with Gasteiger partial charge in [0.1, 0.15) is 17.0 Å². The van der Waals surface area contributed by atoms with Crippen LogP contribution in [0, 0.1) is 12.3 Å². The normalized spacial score (nSPS) is 16.9. The summed E-state index contributed by atoms with van der Waals surface area (Å²) < 4.78 is 6.49. The molecule has 0 saturated carbocycles. The van der Waals surface area contributed by atoms with E-state index in [0.717, 1.165) is 41.0 Å². The fourth-order valence-corrected chi connectivity index (χ4v) is 5.78. The topological polar surface area (TPSA) is 83.5 Å². The third-order valence-electron chi connectivity index (χ3n) is 7.64. The third-order valence-corrected chi connectivity index (χ3v) is 7.64. The third kappa shape index (κ3) is 4.12. The lowest BCUT2D eigenvalue weighted by Gasteiger charge is -2.42. The molecule has 202 valence electrons. The minimum atomic E-state index is -1.07. The molecular formula is C34H29N5O2. The quantitative estimate of drug-likeness (QED) is 0.176. The number of anilines is 2. The van der Waals surface area contributed by atoms with Crippen molar-refractivity contribution >= 4 is 35.4 Å². The second-order valence-corrected chi connectivity index (χ2v) is 9.82. The van der Waals surface area contributed by atoms with Crippen LogP contribution in [0.2, 0.25) is 0 Å². The number of hydrogen-bond donors (Lipinski definition) is 1. The standard InChI is InChI=1S/C34H29N5O2/c1-4-23-10-9-11-25(20-23)36-18-19-37-39-33(40)27-12-7-8-13-28(27)34(39)29-16-14-24(35)21-31(29)41-32-22-26(15-17-30(32)34)38(5-2)6-3/h1,7-22H,5-6,35H2,2-3H3. The molecule has 0 saturated heterocycles. The van der Waals surface area contributed by atoms with Crippen molar-refractivity contribution in [2.75, 3.05) is 23.7 Å². The van der Waals surface area contributed by atoms with Crippen molar-refractivity contribution in [3.63, 3.8) is 0 Å². The van der Waals surface area contributed by atoms with Crippen LogP contribution in [-0.2, 0) is 5.54 Å². The molecule has 0 bridgehead atoms. The SMILES string of the molecule is C#Cc1cccc(N=CC=NN2C(=O)c3ccccc3C23c2ccc(N)cc2Oc2cc(N(CC)CC)ccc23)c1. The summed E-state index contributed by atoms with van der Waals surface area (Å²) in [7, 11) is 0. The van der Waals surface area contributed by atoms with Gasteiger partial charge in [-0.3, -0.25) is 9.79 Å². The Morgan fingerprint density at radius 1 is 0.927 bits per heavy atom. The number of hydrazone groups is 1. The van der Waals surface area contributed by atoms with Gasteiger partial charge in [0.05, 0.1) is 11.9 Å². The highest BCUT2D eigenvalue weighted by Crippen LogP contribution is 2.58. The molecule has 2 aliphatic rings. The predicted molar refractivity (Wildman–Crippen MR) is 164 cm³/mol. The molecule has 1 unspecified atom stereocenters. The molecule has 6 rings (SSSR count). The Bertz CT molecular complexity index is 1770. The van der Waals surface area contributed by atoms with Crippen molar-refractivity contribution < 1.29 is 9.53 Å². The lowest BCUT2D eigenvalue weighted by atomic mass is 9.75. The highest BCUT2D eigenvalue weighted by atomic mass is 16.5. The van der Waals surface area contributed by atoms with E-state index in [4.69, 9.17) is 22.0 Å². The van der Waals surface area contributed by atoms with Crippen molar-refractivity contribution in [3.8, 4) is 23.8 Å². The number of carbonyl (C=O) groups excluding carboxylic acids is 1. The Morgan fingerprint density at radius 2 is 1.68 bits per heavy atom. The molecule has 2 aliphatic heterocycles. The van der Waals surface area contributed by atoms with Crippen molar-refractivity contribution in [1.29, 1.82) is 0 Å². The summed E-state index contributed by atoms with van der Waals surface area (Å²) in [5, 5.41) is 6.27. The van der Waals surface area contributed by atoms with E-state index >= 15 is 0 Å². The average Bonchev–Trinajstić information content (AvgIpc) is 3.24. The molecule has 2 N–H and O–H groups in total. The number of hydrogen-bond acceptors (Lipinski definition) is 6. The van der Waals surface area contributed by atoms with Gasteiger partial charge in [-0.1, -0.05) is 42.3 Å². The number of amides is 1. The van der Waals surface area contributed by atoms with Gasteiger partial charge in [0.2, 0.25) is 0 Å². The van der Waals surface area contributed by atoms with Gasteiger partial charge in [0.15, 0.2) is 0 Å². The highest BCUT2D eigenvalue weighted by Gasteiger charge is 2.57. The van der Waals surface area contributed by atoms with Crippen molar-refractivity contribution in [2.45, 2.75) is 19.4 Å². The first-order chi connectivity index (χ1) is 20.0. The maximum absolute atomic E-state index is 14.0. The summed E-state index contributed by atoms with van der Waals surface area (Å²) in [6, 6.07) is 26.7. The van der Waals surface area contributed by atoms with E-state index in [1.165, 1.54) is 11.2 Å². The van der Waals surface area contributed by atoms with Crippen molar-refractivity contribution in [2.24, 2.45) is 10.1 Å². The number of nitrogen functional groups attached to an aromatic ring is 1. The number of ether oxygens (including phenoxy) is 1. The zero-order valence-electron chi connectivity index (χ0n) is 22.9. The Labute approximate surface area is 239 Å². The van der Waals surface area contributed by atoms with Gasteiger partial charge in [-0.25, -0.2) is 5.01 Å². The molecule has 7 nitrogen and oxygen atoms in total. The van der Waals surface area contributed by atoms with Crippen LogP contribution in [0.15, 0.2) is 95.0 Å². The monoisotopic (exact) mass is 539 g/mol. The van der Waals surface area contributed by atoms with Gasteiger partial charge in [-0.05, 0) is 50.2 Å². The van der Waals surface area contributed by atoms with E-state index in [1.807, 2.05) is 72.8 Å². The highest BCUT2D eigenvalue weighted by molar-refractivity contribution is 6.17. The maximum atomic E-state index is 14.0. The van der Waals surface area contributed by atoms with Crippen LogP contribution in [-0.4, -0.2) is 36.4 Å². The molecule has 4 aromatic carbocycles. The molecular weight excluding hydrogens is 510 g/mol. The molecule has 0 radical (unpaired) electrons. The molecule has 7 heteroatoms. The van der Waals surface area contributed by atoms with Crippen LogP contribution >= 0.6 is 0 Å². The first-order valence-electron chi connectivity index (χ1n) is 13.6. The number of nitrogens with two attached hydrogens (primary N) is 1.